The molecular formula is C25H44N2O6. The van der Waals surface area contributed by atoms with Crippen molar-refractivity contribution in [1.82, 2.24) is 9.80 Å². The number of nitrogens with zero attached hydrogens (tertiary/aromatic N) is 2. The molecule has 1 saturated carbocycles. The summed E-state index contributed by atoms with van der Waals surface area (Å²) >= 11 is 0. The summed E-state index contributed by atoms with van der Waals surface area (Å²) in [5.74, 6) is 0.289. The van der Waals surface area contributed by atoms with Crippen LogP contribution in [-0.4, -0.2) is 70.4 Å². The van der Waals surface area contributed by atoms with Gasteiger partial charge in [0.15, 0.2) is 0 Å². The molecule has 0 bridgehead atoms. The Labute approximate surface area is 199 Å². The molecule has 0 radical (unpaired) electrons. The third-order valence-electron chi connectivity index (χ3n) is 7.49. The van der Waals surface area contributed by atoms with Gasteiger partial charge in [0, 0.05) is 5.92 Å². The highest BCUT2D eigenvalue weighted by Gasteiger charge is 2.51. The predicted octanol–water partition coefficient (Wildman–Crippen LogP) is 5.15. The molecule has 3 atom stereocenters. The van der Waals surface area contributed by atoms with Crippen molar-refractivity contribution in [2.75, 3.05) is 19.8 Å². The molecule has 2 amide bonds. The second-order valence-electron chi connectivity index (χ2n) is 12.1. The normalized spacial score (nSPS) is 30.7. The van der Waals surface area contributed by atoms with Crippen molar-refractivity contribution in [3.8, 4) is 0 Å². The van der Waals surface area contributed by atoms with Crippen LogP contribution in [0.4, 0.5) is 9.59 Å². The monoisotopic (exact) mass is 468 g/mol. The number of hydrogen-bond acceptors (Lipinski definition) is 6. The molecule has 0 aromatic heterocycles. The van der Waals surface area contributed by atoms with Crippen molar-refractivity contribution >= 4 is 12.2 Å². The minimum Gasteiger partial charge on any atom is -0.449 e. The van der Waals surface area contributed by atoms with E-state index in [1.54, 1.807) is 9.80 Å². The van der Waals surface area contributed by atoms with E-state index in [4.69, 9.17) is 18.9 Å². The average molecular weight is 469 g/mol. The Bertz CT molecular complexity index is 715. The van der Waals surface area contributed by atoms with E-state index in [9.17, 15) is 9.59 Å². The molecule has 2 saturated heterocycles. The summed E-state index contributed by atoms with van der Waals surface area (Å²) in [6.45, 7) is 18.7. The van der Waals surface area contributed by atoms with Crippen LogP contribution in [0.5, 0.6) is 0 Å². The first-order valence-electron chi connectivity index (χ1n) is 12.3. The van der Waals surface area contributed by atoms with Crippen LogP contribution in [0, 0.1) is 11.8 Å². The van der Waals surface area contributed by atoms with E-state index in [0.29, 0.717) is 19.8 Å². The van der Waals surface area contributed by atoms with Crippen LogP contribution < -0.4 is 0 Å². The first-order valence-corrected chi connectivity index (χ1v) is 12.3. The molecule has 8 heteroatoms. The molecule has 0 spiro atoms. The molecule has 33 heavy (non-hydrogen) atoms. The molecule has 0 aromatic carbocycles. The highest BCUT2D eigenvalue weighted by atomic mass is 16.6. The zero-order valence-corrected chi connectivity index (χ0v) is 22.0. The number of carbonyl (C=O) groups is 2. The van der Waals surface area contributed by atoms with Crippen LogP contribution in [0.15, 0.2) is 0 Å². The second-order valence-corrected chi connectivity index (χ2v) is 12.1. The molecule has 3 aliphatic rings. The van der Waals surface area contributed by atoms with Crippen molar-refractivity contribution in [3.63, 3.8) is 0 Å². The fraction of sp³-hybridized carbons (Fsp3) is 0.920. The summed E-state index contributed by atoms with van der Waals surface area (Å²) in [5, 5.41) is 0. The summed E-state index contributed by atoms with van der Waals surface area (Å²) in [5.41, 5.74) is -2.27. The maximum atomic E-state index is 13.1. The van der Waals surface area contributed by atoms with Gasteiger partial charge in [0.05, 0.1) is 30.9 Å². The quantitative estimate of drug-likeness (QED) is 0.568. The van der Waals surface area contributed by atoms with Gasteiger partial charge in [-0.05, 0) is 81.1 Å². The zero-order valence-electron chi connectivity index (χ0n) is 22.0. The van der Waals surface area contributed by atoms with Gasteiger partial charge in [-0.25, -0.2) is 9.59 Å². The summed E-state index contributed by atoms with van der Waals surface area (Å²) in [6, 6.07) is 0. The highest BCUT2D eigenvalue weighted by Crippen LogP contribution is 2.39. The Balaban J connectivity index is 1.63. The smallest absolute Gasteiger partial charge is 0.412 e. The number of carbonyl (C=O) groups excluding carboxylic acids is 2. The van der Waals surface area contributed by atoms with Gasteiger partial charge in [-0.15, -0.1) is 0 Å². The van der Waals surface area contributed by atoms with E-state index in [-0.39, 0.29) is 30.1 Å². The lowest BCUT2D eigenvalue weighted by Crippen LogP contribution is -2.54. The maximum Gasteiger partial charge on any atom is 0.412 e. The lowest BCUT2D eigenvalue weighted by Gasteiger charge is -2.40. The van der Waals surface area contributed by atoms with Crippen LogP contribution in [0.2, 0.25) is 0 Å². The fourth-order valence-electron chi connectivity index (χ4n) is 5.96. The number of hydrogen-bond donors (Lipinski definition) is 0. The molecule has 0 aromatic rings. The van der Waals surface area contributed by atoms with Gasteiger partial charge in [0.1, 0.15) is 17.6 Å². The Morgan fingerprint density at radius 3 is 1.82 bits per heavy atom. The Kier molecular flexibility index (Phi) is 7.04. The summed E-state index contributed by atoms with van der Waals surface area (Å²) in [7, 11) is 0. The first-order chi connectivity index (χ1) is 15.1. The van der Waals surface area contributed by atoms with E-state index in [2.05, 4.69) is 0 Å². The third-order valence-corrected chi connectivity index (χ3v) is 7.49. The highest BCUT2D eigenvalue weighted by molar-refractivity contribution is 5.70. The largest absolute Gasteiger partial charge is 0.449 e. The number of amides is 2. The van der Waals surface area contributed by atoms with Crippen molar-refractivity contribution in [2.24, 2.45) is 11.8 Å². The molecule has 8 nitrogen and oxygen atoms in total. The lowest BCUT2D eigenvalue weighted by molar-refractivity contribution is -0.0721. The molecule has 190 valence electrons. The van der Waals surface area contributed by atoms with Crippen molar-refractivity contribution in [1.29, 1.82) is 0 Å². The molecule has 2 aliphatic heterocycles. The average Bonchev–Trinajstić information content (AvgIpc) is 3.05. The summed E-state index contributed by atoms with van der Waals surface area (Å²) in [6.07, 6.45) is 3.08. The minimum absolute atomic E-state index is 0.140. The fourth-order valence-corrected chi connectivity index (χ4v) is 5.96. The van der Waals surface area contributed by atoms with E-state index >= 15 is 0 Å². The Morgan fingerprint density at radius 2 is 1.33 bits per heavy atom. The Morgan fingerprint density at radius 1 is 0.848 bits per heavy atom. The summed E-state index contributed by atoms with van der Waals surface area (Å²) < 4.78 is 23.5. The molecular weight excluding hydrogens is 424 g/mol. The van der Waals surface area contributed by atoms with Crippen LogP contribution in [-0.2, 0) is 18.9 Å². The topological polar surface area (TPSA) is 77.5 Å². The van der Waals surface area contributed by atoms with Crippen molar-refractivity contribution in [2.45, 2.75) is 117 Å². The van der Waals surface area contributed by atoms with Gasteiger partial charge in [-0.1, -0.05) is 12.8 Å². The van der Waals surface area contributed by atoms with Gasteiger partial charge in [0.2, 0.25) is 0 Å². The van der Waals surface area contributed by atoms with Crippen LogP contribution in [0.25, 0.3) is 0 Å². The number of rotatable bonds is 4. The van der Waals surface area contributed by atoms with E-state index in [0.717, 1.165) is 25.7 Å². The van der Waals surface area contributed by atoms with Crippen LogP contribution in [0.3, 0.4) is 0 Å². The van der Waals surface area contributed by atoms with Crippen molar-refractivity contribution in [3.05, 3.63) is 0 Å². The summed E-state index contributed by atoms with van der Waals surface area (Å²) in [4.78, 5) is 29.5. The molecule has 3 rings (SSSR count). The van der Waals surface area contributed by atoms with E-state index < -0.39 is 22.5 Å². The molecule has 2 heterocycles. The number of ether oxygens (including phenoxy) is 4. The van der Waals surface area contributed by atoms with Crippen LogP contribution in [0.1, 0.15) is 88.0 Å². The predicted molar refractivity (Wildman–Crippen MR) is 125 cm³/mol. The van der Waals surface area contributed by atoms with Gasteiger partial charge in [-0.3, -0.25) is 9.80 Å². The molecule has 0 N–H and O–H groups in total. The molecule has 0 unspecified atom stereocenters. The van der Waals surface area contributed by atoms with E-state index in [1.165, 1.54) is 0 Å². The third kappa shape index (κ3) is 5.26. The second kappa shape index (κ2) is 8.91. The van der Waals surface area contributed by atoms with Gasteiger partial charge in [-0.2, -0.15) is 0 Å². The standard InChI is InChI=1S/C25H44N2O6/c1-17(33-21(29)27-23(4,5)16-32-25(27,8)9)19-13-11-10-12-18(19)14-30-20(28)26-22(2,3)15-31-24(26,6)7/h17-19H,10-16H2,1-9H3/t17-,18+,19-/m0/s1. The lowest BCUT2D eigenvalue weighted by atomic mass is 9.77. The molecule has 3 fully saturated rings. The van der Waals surface area contributed by atoms with Crippen LogP contribution >= 0.6 is 0 Å². The van der Waals surface area contributed by atoms with Gasteiger partial charge < -0.3 is 18.9 Å². The van der Waals surface area contributed by atoms with Gasteiger partial charge >= 0.3 is 12.2 Å². The van der Waals surface area contributed by atoms with E-state index in [1.807, 2.05) is 62.3 Å². The van der Waals surface area contributed by atoms with Crippen molar-refractivity contribution < 1.29 is 28.5 Å². The molecule has 1 aliphatic carbocycles. The zero-order chi connectivity index (χ0) is 24.8. The van der Waals surface area contributed by atoms with Gasteiger partial charge in [0.25, 0.3) is 0 Å². The Hall–Kier alpha value is -1.54. The maximum absolute atomic E-state index is 13.1. The minimum atomic E-state index is -0.709. The first kappa shape index (κ1) is 26.1. The SMILES string of the molecule is C[C@H](OC(=O)N1C(C)(C)COC1(C)C)[C@@H]1CCCC[C@@H]1COC(=O)N1C(C)(C)COC1(C)C.